The minimum Gasteiger partial charge on any atom is -0.317 e. The van der Waals surface area contributed by atoms with E-state index in [0.717, 1.165) is 17.7 Å². The summed E-state index contributed by atoms with van der Waals surface area (Å²) in [5, 5.41) is 0.991. The second kappa shape index (κ2) is 7.69. The smallest absolute Gasteiger partial charge is 0.0848 e. The second-order valence-electron chi connectivity index (χ2n) is 6.43. The van der Waals surface area contributed by atoms with Gasteiger partial charge in [-0.2, -0.15) is 0 Å². The number of nitrogens with zero attached hydrogens (tertiary/aromatic N) is 2. The van der Waals surface area contributed by atoms with Gasteiger partial charge in [0, 0.05) is 23.2 Å². The van der Waals surface area contributed by atoms with Gasteiger partial charge >= 0.3 is 0 Å². The molecule has 0 saturated carbocycles. The van der Waals surface area contributed by atoms with Gasteiger partial charge in [-0.05, 0) is 56.5 Å². The van der Waals surface area contributed by atoms with E-state index in [1.165, 1.54) is 22.5 Å². The van der Waals surface area contributed by atoms with Crippen LogP contribution in [0.5, 0.6) is 0 Å². The Bertz CT molecular complexity index is 984. The quantitative estimate of drug-likeness (QED) is 0.429. The highest BCUT2D eigenvalue weighted by atomic mass is 35.5. The number of aromatic nitrogens is 1. The van der Waals surface area contributed by atoms with Gasteiger partial charge in [0.1, 0.15) is 0 Å². The maximum atomic E-state index is 6.24. The highest BCUT2D eigenvalue weighted by Gasteiger charge is 2.14. The van der Waals surface area contributed by atoms with Gasteiger partial charge in [-0.3, -0.25) is 4.99 Å². The third-order valence-corrected chi connectivity index (χ3v) is 5.48. The fourth-order valence-electron chi connectivity index (χ4n) is 3.32. The van der Waals surface area contributed by atoms with Crippen molar-refractivity contribution < 1.29 is 0 Å². The summed E-state index contributed by atoms with van der Waals surface area (Å²) in [6.45, 7) is 8.60. The van der Waals surface area contributed by atoms with E-state index in [0.29, 0.717) is 15.7 Å². The molecule has 2 aromatic carbocycles. The second-order valence-corrected chi connectivity index (χ2v) is 7.21. The Morgan fingerprint density at radius 2 is 1.77 bits per heavy atom. The number of halogens is 2. The van der Waals surface area contributed by atoms with Gasteiger partial charge in [-0.1, -0.05) is 54.4 Å². The zero-order valence-corrected chi connectivity index (χ0v) is 17.0. The number of rotatable bonds is 4. The Morgan fingerprint density at radius 3 is 2.50 bits per heavy atom. The van der Waals surface area contributed by atoms with Crippen LogP contribution in [-0.2, 0) is 6.42 Å². The average Bonchev–Trinajstić information content (AvgIpc) is 2.90. The first kappa shape index (κ1) is 18.8. The van der Waals surface area contributed by atoms with Crippen molar-refractivity contribution in [2.24, 2.45) is 4.99 Å². The molecule has 0 fully saturated rings. The van der Waals surface area contributed by atoms with Crippen LogP contribution in [0.3, 0.4) is 0 Å². The molecule has 0 aliphatic rings. The van der Waals surface area contributed by atoms with Crippen molar-refractivity contribution in [1.82, 2.24) is 4.57 Å². The Morgan fingerprint density at radius 1 is 1.04 bits per heavy atom. The molecular weight excluding hydrogens is 363 g/mol. The standard InChI is InChI=1S/C22H22Cl2N2/c1-5-17-9-6-8-14(2)22(17)26-15(3)12-18(16(26)4)13-25-20-11-7-10-19(23)21(20)24/h6-13H,5H2,1-4H3. The molecule has 4 heteroatoms. The van der Waals surface area contributed by atoms with E-state index in [-0.39, 0.29) is 0 Å². The average molecular weight is 385 g/mol. The maximum absolute atomic E-state index is 6.24. The van der Waals surface area contributed by atoms with Crippen molar-refractivity contribution in [3.63, 3.8) is 0 Å². The highest BCUT2D eigenvalue weighted by Crippen LogP contribution is 2.32. The van der Waals surface area contributed by atoms with Gasteiger partial charge < -0.3 is 4.57 Å². The van der Waals surface area contributed by atoms with Crippen LogP contribution in [0.1, 0.15) is 35.0 Å². The van der Waals surface area contributed by atoms with Crippen LogP contribution in [0.2, 0.25) is 10.0 Å². The largest absolute Gasteiger partial charge is 0.317 e. The van der Waals surface area contributed by atoms with Crippen LogP contribution in [0, 0.1) is 20.8 Å². The molecule has 0 atom stereocenters. The van der Waals surface area contributed by atoms with Crippen LogP contribution in [0.4, 0.5) is 5.69 Å². The number of hydrogen-bond donors (Lipinski definition) is 0. The van der Waals surface area contributed by atoms with E-state index in [1.807, 2.05) is 18.3 Å². The zero-order valence-electron chi connectivity index (χ0n) is 15.5. The molecule has 0 amide bonds. The normalized spacial score (nSPS) is 11.5. The maximum Gasteiger partial charge on any atom is 0.0848 e. The SMILES string of the molecule is CCc1cccc(C)c1-n1c(C)cc(C=Nc2cccc(Cl)c2Cl)c1C. The lowest BCUT2D eigenvalue weighted by Gasteiger charge is -2.17. The van der Waals surface area contributed by atoms with Crippen LogP contribution < -0.4 is 0 Å². The van der Waals surface area contributed by atoms with E-state index < -0.39 is 0 Å². The minimum absolute atomic E-state index is 0.478. The summed E-state index contributed by atoms with van der Waals surface area (Å²) < 4.78 is 2.31. The van der Waals surface area contributed by atoms with Crippen LogP contribution in [-0.4, -0.2) is 10.8 Å². The molecule has 26 heavy (non-hydrogen) atoms. The van der Waals surface area contributed by atoms with Crippen LogP contribution in [0.15, 0.2) is 47.5 Å². The van der Waals surface area contributed by atoms with Crippen molar-refractivity contribution in [3.05, 3.63) is 80.6 Å². The van der Waals surface area contributed by atoms with Gasteiger partial charge in [0.2, 0.25) is 0 Å². The molecule has 3 aromatic rings. The summed E-state index contributed by atoms with van der Waals surface area (Å²) in [6, 6.07) is 14.1. The van der Waals surface area contributed by atoms with Gasteiger partial charge in [0.05, 0.1) is 21.4 Å². The number of aliphatic imine (C=N–C) groups is 1. The van der Waals surface area contributed by atoms with Crippen molar-refractivity contribution in [3.8, 4) is 5.69 Å². The third-order valence-electron chi connectivity index (χ3n) is 4.67. The minimum atomic E-state index is 0.478. The zero-order chi connectivity index (χ0) is 18.8. The van der Waals surface area contributed by atoms with Gasteiger partial charge in [-0.15, -0.1) is 0 Å². The molecule has 0 aliphatic carbocycles. The molecule has 0 unspecified atom stereocenters. The number of hydrogen-bond acceptors (Lipinski definition) is 1. The Hall–Kier alpha value is -2.03. The third kappa shape index (κ3) is 3.44. The molecule has 1 heterocycles. The van der Waals surface area contributed by atoms with E-state index in [4.69, 9.17) is 23.2 Å². The lowest BCUT2D eigenvalue weighted by Crippen LogP contribution is -2.05. The molecule has 0 bridgehead atoms. The van der Waals surface area contributed by atoms with Crippen molar-refractivity contribution in [2.75, 3.05) is 0 Å². The van der Waals surface area contributed by atoms with E-state index >= 15 is 0 Å². The van der Waals surface area contributed by atoms with Crippen LogP contribution >= 0.6 is 23.2 Å². The molecule has 0 saturated heterocycles. The highest BCUT2D eigenvalue weighted by molar-refractivity contribution is 6.43. The fourth-order valence-corrected chi connectivity index (χ4v) is 3.66. The number of aryl methyl sites for hydroxylation is 3. The summed E-state index contributed by atoms with van der Waals surface area (Å²) in [6.07, 6.45) is 2.86. The van der Waals surface area contributed by atoms with Crippen molar-refractivity contribution in [2.45, 2.75) is 34.1 Å². The van der Waals surface area contributed by atoms with Gasteiger partial charge in [0.25, 0.3) is 0 Å². The van der Waals surface area contributed by atoms with Crippen molar-refractivity contribution in [1.29, 1.82) is 0 Å². The first-order valence-corrected chi connectivity index (χ1v) is 9.45. The summed E-state index contributed by atoms with van der Waals surface area (Å²) in [4.78, 5) is 4.56. The van der Waals surface area contributed by atoms with Crippen LogP contribution in [0.25, 0.3) is 5.69 Å². The summed E-state index contributed by atoms with van der Waals surface area (Å²) in [7, 11) is 0. The predicted octanol–water partition coefficient (Wildman–Crippen LogP) is 7.02. The number of benzene rings is 2. The molecule has 134 valence electrons. The molecule has 0 radical (unpaired) electrons. The Balaban J connectivity index is 2.07. The first-order chi connectivity index (χ1) is 12.4. The Labute approximate surface area is 165 Å². The predicted molar refractivity (Wildman–Crippen MR) is 113 cm³/mol. The summed E-state index contributed by atoms with van der Waals surface area (Å²) >= 11 is 12.3. The molecule has 2 nitrogen and oxygen atoms in total. The number of para-hydroxylation sites is 1. The van der Waals surface area contributed by atoms with Gasteiger partial charge in [0.15, 0.2) is 0 Å². The molecule has 0 N–H and O–H groups in total. The summed E-state index contributed by atoms with van der Waals surface area (Å²) in [5.41, 5.74) is 7.97. The topological polar surface area (TPSA) is 17.3 Å². The molecule has 3 rings (SSSR count). The van der Waals surface area contributed by atoms with E-state index in [9.17, 15) is 0 Å². The van der Waals surface area contributed by atoms with Crippen molar-refractivity contribution >= 4 is 35.1 Å². The van der Waals surface area contributed by atoms with E-state index in [2.05, 4.69) is 61.5 Å². The molecule has 0 aliphatic heterocycles. The summed E-state index contributed by atoms with van der Waals surface area (Å²) in [5.74, 6) is 0. The first-order valence-electron chi connectivity index (χ1n) is 8.70. The van der Waals surface area contributed by atoms with Gasteiger partial charge in [-0.25, -0.2) is 0 Å². The molecule has 0 spiro atoms. The Kier molecular flexibility index (Phi) is 5.55. The lowest BCUT2D eigenvalue weighted by molar-refractivity contribution is 0.926. The fraction of sp³-hybridized carbons (Fsp3) is 0.227. The monoisotopic (exact) mass is 384 g/mol. The van der Waals surface area contributed by atoms with E-state index in [1.54, 1.807) is 6.07 Å². The molecule has 1 aromatic heterocycles. The molecular formula is C22H22Cl2N2. The lowest BCUT2D eigenvalue weighted by atomic mass is 10.1.